The lowest BCUT2D eigenvalue weighted by Gasteiger charge is -2.29. The lowest BCUT2D eigenvalue weighted by Crippen LogP contribution is -2.50. The van der Waals surface area contributed by atoms with Crippen molar-refractivity contribution in [2.45, 2.75) is 104 Å². The van der Waals surface area contributed by atoms with E-state index >= 15 is 0 Å². The minimum Gasteiger partial charge on any atom is -0.726 e. The standard InChI is InChI=1S/C21H44NO2.CH4O4S/c1-4-6-7-8-9-10-11-12-13-14-15-16-17-18-21(24)22(3,5-2)19-20-23;1-5-6(2,3)4/h23H,4-20H2,1-3H3;1H3,(H,2,3,4)/q+1;/p-1. The van der Waals surface area contributed by atoms with Crippen LogP contribution in [0, 0.1) is 0 Å². The molecule has 7 nitrogen and oxygen atoms in total. The molecule has 0 rings (SSSR count). The van der Waals surface area contributed by atoms with E-state index in [1.54, 1.807) is 0 Å². The highest BCUT2D eigenvalue weighted by atomic mass is 32.3. The summed E-state index contributed by atoms with van der Waals surface area (Å²) in [4.78, 5) is 12.2. The average molecular weight is 454 g/mol. The fraction of sp³-hybridized carbons (Fsp3) is 0.955. The van der Waals surface area contributed by atoms with E-state index in [4.69, 9.17) is 5.11 Å². The molecule has 1 unspecified atom stereocenters. The number of amides is 1. The van der Waals surface area contributed by atoms with Crippen molar-refractivity contribution in [3.8, 4) is 0 Å². The van der Waals surface area contributed by atoms with E-state index in [-0.39, 0.29) is 12.5 Å². The maximum Gasteiger partial charge on any atom is 0.313 e. The molecule has 0 aromatic heterocycles. The second-order valence-electron chi connectivity index (χ2n) is 8.12. The molecule has 0 spiro atoms. The average Bonchev–Trinajstić information content (AvgIpc) is 2.71. The maximum absolute atomic E-state index is 12.2. The predicted octanol–water partition coefficient (Wildman–Crippen LogP) is 4.55. The summed E-state index contributed by atoms with van der Waals surface area (Å²) in [6.07, 6.45) is 18.0. The van der Waals surface area contributed by atoms with E-state index in [9.17, 15) is 17.8 Å². The fourth-order valence-corrected chi connectivity index (χ4v) is 3.24. The number of unbranched alkanes of at least 4 members (excludes halogenated alkanes) is 12. The Bertz CT molecular complexity index is 498. The van der Waals surface area contributed by atoms with Crippen molar-refractivity contribution in [3.05, 3.63) is 0 Å². The molecule has 0 saturated carbocycles. The molecule has 0 aromatic carbocycles. The second-order valence-corrected chi connectivity index (χ2v) is 9.27. The summed E-state index contributed by atoms with van der Waals surface area (Å²) in [6.45, 7) is 5.71. The molecule has 1 amide bonds. The van der Waals surface area contributed by atoms with E-state index in [2.05, 4.69) is 11.1 Å². The zero-order valence-electron chi connectivity index (χ0n) is 19.9. The van der Waals surface area contributed by atoms with Crippen LogP contribution in [0.3, 0.4) is 0 Å². The fourth-order valence-electron chi connectivity index (χ4n) is 3.24. The molecule has 1 N–H and O–H groups in total. The van der Waals surface area contributed by atoms with Gasteiger partial charge in [-0.05, 0) is 13.3 Å². The Kier molecular flexibility index (Phi) is 21.5. The molecule has 30 heavy (non-hydrogen) atoms. The third-order valence-electron chi connectivity index (χ3n) is 5.59. The lowest BCUT2D eigenvalue weighted by atomic mass is 10.0. The highest BCUT2D eigenvalue weighted by molar-refractivity contribution is 7.80. The first-order chi connectivity index (χ1) is 14.2. The Morgan fingerprint density at radius 3 is 1.53 bits per heavy atom. The molecule has 8 heteroatoms. The molecule has 0 aliphatic rings. The summed E-state index contributed by atoms with van der Waals surface area (Å²) < 4.78 is 31.4. The number of nitrogens with zero attached hydrogens (tertiary/aromatic N) is 1. The summed E-state index contributed by atoms with van der Waals surface area (Å²) in [6, 6.07) is 0. The summed E-state index contributed by atoms with van der Waals surface area (Å²) >= 11 is 0. The SMILES string of the molecule is CCCCCCCCCCCCCCCC(=O)[N+](C)(CC)CCO.COS(=O)(=O)[O-]. The van der Waals surface area contributed by atoms with Crippen molar-refractivity contribution in [1.82, 2.24) is 0 Å². The van der Waals surface area contributed by atoms with Crippen LogP contribution >= 0.6 is 0 Å². The largest absolute Gasteiger partial charge is 0.726 e. The van der Waals surface area contributed by atoms with Crippen LogP contribution in [0.4, 0.5) is 0 Å². The van der Waals surface area contributed by atoms with Gasteiger partial charge in [0.2, 0.25) is 10.4 Å². The molecule has 0 fully saturated rings. The minimum absolute atomic E-state index is 0.0919. The van der Waals surface area contributed by atoms with Crippen molar-refractivity contribution < 1.29 is 31.5 Å². The van der Waals surface area contributed by atoms with Crippen LogP contribution in [-0.4, -0.2) is 62.3 Å². The predicted molar refractivity (Wildman–Crippen MR) is 121 cm³/mol. The Morgan fingerprint density at radius 2 is 1.23 bits per heavy atom. The number of rotatable bonds is 18. The second kappa shape index (κ2) is 20.4. The zero-order valence-corrected chi connectivity index (χ0v) is 20.7. The van der Waals surface area contributed by atoms with Gasteiger partial charge in [-0.3, -0.25) is 8.67 Å². The Labute approximate surface area is 185 Å². The van der Waals surface area contributed by atoms with Gasteiger partial charge < -0.3 is 9.66 Å². The molecule has 182 valence electrons. The van der Waals surface area contributed by atoms with Gasteiger partial charge in [0.25, 0.3) is 0 Å². The van der Waals surface area contributed by atoms with Crippen LogP contribution in [0.5, 0.6) is 0 Å². The molecule has 0 radical (unpaired) electrons. The van der Waals surface area contributed by atoms with Gasteiger partial charge in [-0.25, -0.2) is 13.2 Å². The van der Waals surface area contributed by atoms with Crippen LogP contribution in [0.2, 0.25) is 0 Å². The number of aliphatic hydroxyl groups excluding tert-OH is 1. The van der Waals surface area contributed by atoms with Crippen molar-refractivity contribution in [3.63, 3.8) is 0 Å². The van der Waals surface area contributed by atoms with Crippen molar-refractivity contribution in [2.24, 2.45) is 0 Å². The molecule has 0 saturated heterocycles. The van der Waals surface area contributed by atoms with Gasteiger partial charge in [0.05, 0.1) is 33.7 Å². The molecule has 0 bridgehead atoms. The number of carbonyl (C=O) groups is 1. The van der Waals surface area contributed by atoms with Gasteiger partial charge in [0.1, 0.15) is 6.54 Å². The molecule has 0 aromatic rings. The normalized spacial score (nSPS) is 13.4. The number of carbonyl (C=O) groups excluding carboxylic acids is 1. The molecular weight excluding hydrogens is 406 g/mol. The first-order valence-corrected chi connectivity index (χ1v) is 13.0. The first kappa shape index (κ1) is 31.6. The van der Waals surface area contributed by atoms with Gasteiger partial charge in [-0.1, -0.05) is 84.0 Å². The van der Waals surface area contributed by atoms with E-state index in [0.29, 0.717) is 17.4 Å². The van der Waals surface area contributed by atoms with Crippen LogP contribution in [0.1, 0.15) is 104 Å². The third-order valence-corrected chi connectivity index (χ3v) is 6.00. The zero-order chi connectivity index (χ0) is 23.3. The monoisotopic (exact) mass is 453 g/mol. The van der Waals surface area contributed by atoms with Crippen LogP contribution < -0.4 is 0 Å². The van der Waals surface area contributed by atoms with Gasteiger partial charge in [0.15, 0.2) is 0 Å². The number of hydrogen-bond donors (Lipinski definition) is 1. The third kappa shape index (κ3) is 20.7. The minimum atomic E-state index is -4.41. The topological polar surface area (TPSA) is 104 Å². The van der Waals surface area contributed by atoms with E-state index in [1.165, 1.54) is 77.0 Å². The van der Waals surface area contributed by atoms with E-state index < -0.39 is 10.4 Å². The molecule has 0 aliphatic heterocycles. The maximum atomic E-state index is 12.2. The summed E-state index contributed by atoms with van der Waals surface area (Å²) in [5, 5.41) is 9.10. The van der Waals surface area contributed by atoms with E-state index in [0.717, 1.165) is 20.1 Å². The number of quaternary nitrogens is 1. The Hall–Kier alpha value is -0.540. The Morgan fingerprint density at radius 1 is 0.867 bits per heavy atom. The quantitative estimate of drug-likeness (QED) is 0.141. The van der Waals surface area contributed by atoms with Gasteiger partial charge in [-0.2, -0.15) is 0 Å². The highest BCUT2D eigenvalue weighted by Gasteiger charge is 2.27. The van der Waals surface area contributed by atoms with E-state index in [1.807, 2.05) is 14.0 Å². The molecular formula is C22H47NO6S. The van der Waals surface area contributed by atoms with Crippen molar-refractivity contribution in [1.29, 1.82) is 0 Å². The first-order valence-electron chi connectivity index (χ1n) is 11.7. The van der Waals surface area contributed by atoms with Crippen LogP contribution in [0.25, 0.3) is 0 Å². The highest BCUT2D eigenvalue weighted by Crippen LogP contribution is 2.14. The Balaban J connectivity index is 0. The number of aliphatic hydroxyl groups is 1. The number of hydrogen-bond acceptors (Lipinski definition) is 6. The van der Waals surface area contributed by atoms with Gasteiger partial charge >= 0.3 is 5.91 Å². The molecule has 1 atom stereocenters. The summed E-state index contributed by atoms with van der Waals surface area (Å²) in [5.74, 6) is 0.287. The number of likely N-dealkylation sites (N-methyl/N-ethyl adjacent to an activating group) is 1. The van der Waals surface area contributed by atoms with Gasteiger partial charge in [-0.15, -0.1) is 0 Å². The smallest absolute Gasteiger partial charge is 0.313 e. The van der Waals surface area contributed by atoms with Crippen molar-refractivity contribution in [2.75, 3.05) is 33.9 Å². The van der Waals surface area contributed by atoms with Crippen molar-refractivity contribution >= 4 is 16.3 Å². The van der Waals surface area contributed by atoms with Crippen LogP contribution in [-0.2, 0) is 19.4 Å². The summed E-state index contributed by atoms with van der Waals surface area (Å²) in [5.41, 5.74) is 0. The molecule has 0 heterocycles. The van der Waals surface area contributed by atoms with Crippen LogP contribution in [0.15, 0.2) is 0 Å². The summed E-state index contributed by atoms with van der Waals surface area (Å²) in [7, 11) is -1.66. The van der Waals surface area contributed by atoms with Gasteiger partial charge in [0, 0.05) is 0 Å². The lowest BCUT2D eigenvalue weighted by molar-refractivity contribution is -0.833. The molecule has 0 aliphatic carbocycles.